The van der Waals surface area contributed by atoms with E-state index in [-0.39, 0.29) is 41.8 Å². The molecule has 290 valence electrons. The van der Waals surface area contributed by atoms with Gasteiger partial charge in [-0.2, -0.15) is 0 Å². The summed E-state index contributed by atoms with van der Waals surface area (Å²) in [5.74, 6) is 2.00. The maximum Gasteiger partial charge on any atom is 0.405 e. The molecule has 0 aliphatic carbocycles. The third kappa shape index (κ3) is 8.08. The molecule has 2 fully saturated rings. The fourth-order valence-corrected chi connectivity index (χ4v) is 7.87. The van der Waals surface area contributed by atoms with Crippen molar-refractivity contribution in [2.75, 3.05) is 26.2 Å². The van der Waals surface area contributed by atoms with Gasteiger partial charge in [-0.3, -0.25) is 14.6 Å². The van der Waals surface area contributed by atoms with Crippen molar-refractivity contribution in [1.82, 2.24) is 40.4 Å². The molecule has 3 aliphatic rings. The number of nitrogens with zero attached hydrogens (tertiary/aromatic N) is 5. The number of rotatable bonds is 12. The summed E-state index contributed by atoms with van der Waals surface area (Å²) in [6.45, 7) is 10.7. The Morgan fingerprint density at radius 3 is 1.78 bits per heavy atom. The molecule has 7 rings (SSSR count). The first-order valence-corrected chi connectivity index (χ1v) is 19.5. The first-order valence-electron chi connectivity index (χ1n) is 19.5. The lowest BCUT2D eigenvalue weighted by Crippen LogP contribution is -2.53. The van der Waals surface area contributed by atoms with Crippen LogP contribution in [0.5, 0.6) is 0 Å². The number of aliphatic imine (C=N–C) groups is 1. The molecule has 3 aliphatic heterocycles. The monoisotopic (exact) mass is 748 g/mol. The predicted molar refractivity (Wildman–Crippen MR) is 210 cm³/mol. The summed E-state index contributed by atoms with van der Waals surface area (Å²) in [6, 6.07) is 16.0. The molecule has 1 unspecified atom stereocenters. The number of carbonyl (C=O) groups is 3. The molecule has 2 aromatic heterocycles. The van der Waals surface area contributed by atoms with Crippen molar-refractivity contribution in [1.29, 1.82) is 0 Å². The van der Waals surface area contributed by atoms with Crippen molar-refractivity contribution in [3.8, 4) is 33.6 Å². The lowest BCUT2D eigenvalue weighted by Gasteiger charge is -2.30. The van der Waals surface area contributed by atoms with Gasteiger partial charge in [0.05, 0.1) is 42.4 Å². The van der Waals surface area contributed by atoms with Crippen LogP contribution in [0.3, 0.4) is 0 Å². The molecule has 2 aromatic carbocycles. The summed E-state index contributed by atoms with van der Waals surface area (Å²) in [6.07, 6.45) is 5.86. The standard InChI is InChI=1S/C41H52N10O4/c1-5-25(4)35(55-40(42)54)39(53)51-21-7-9-33(51)37-46-23-31(48-37)29-16-12-27(13-17-29)26-10-14-28(15-11-26)30-22-45-36(47-30)32-8-6-20-50(32)38(52)34(24(2)3)49-41-43-18-19-44-41/h10-17,22-25,32-35H,5-9,18-21H2,1-4H3,(H2,42,54)(H,45,47)(H,46,48)(H2,43,44,49)/t25?,32-,33-,34+,35-/m0/s1. The Morgan fingerprint density at radius 1 is 0.818 bits per heavy atom. The SMILES string of the molecule is CCC(C)[C@H](OC(N)=O)C(=O)N1CCC[C@H]1c1ncc(-c2ccc(-c3ccc(-c4cnc([C@@H]5CCCN5C(=O)[C@H](NC5=NCCN5)C(C)C)[nH]4)cc3)cc2)[nH]1. The summed E-state index contributed by atoms with van der Waals surface area (Å²) in [5.41, 5.74) is 11.2. The normalized spacial score (nSPS) is 19.9. The van der Waals surface area contributed by atoms with Gasteiger partial charge in [0.2, 0.25) is 5.91 Å². The molecule has 0 radical (unpaired) electrons. The van der Waals surface area contributed by atoms with Gasteiger partial charge in [-0.15, -0.1) is 0 Å². The summed E-state index contributed by atoms with van der Waals surface area (Å²) in [4.78, 5) is 63.4. The number of carbonyl (C=O) groups excluding carboxylic acids is 3. The molecular formula is C41H52N10O4. The molecule has 0 spiro atoms. The number of guanidine groups is 1. The van der Waals surface area contributed by atoms with Crippen molar-refractivity contribution in [3.05, 3.63) is 72.6 Å². The van der Waals surface area contributed by atoms with Crippen LogP contribution >= 0.6 is 0 Å². The Balaban J connectivity index is 0.997. The lowest BCUT2D eigenvalue weighted by atomic mass is 10.00. The Labute approximate surface area is 321 Å². The van der Waals surface area contributed by atoms with Crippen molar-refractivity contribution in [3.63, 3.8) is 0 Å². The molecule has 0 bridgehead atoms. The number of hydrogen-bond donors (Lipinski definition) is 5. The van der Waals surface area contributed by atoms with E-state index in [4.69, 9.17) is 15.5 Å². The largest absolute Gasteiger partial charge is 0.436 e. The molecule has 5 heterocycles. The smallest absolute Gasteiger partial charge is 0.405 e. The zero-order chi connectivity index (χ0) is 38.6. The van der Waals surface area contributed by atoms with Crippen LogP contribution in [-0.2, 0) is 14.3 Å². The van der Waals surface area contributed by atoms with Crippen molar-refractivity contribution in [2.45, 2.75) is 84.0 Å². The minimum Gasteiger partial charge on any atom is -0.436 e. The van der Waals surface area contributed by atoms with Crippen molar-refractivity contribution in [2.24, 2.45) is 22.6 Å². The molecule has 6 N–H and O–H groups in total. The first kappa shape index (κ1) is 37.6. The number of amides is 3. The Kier molecular flexibility index (Phi) is 11.2. The van der Waals surface area contributed by atoms with Crippen LogP contribution in [0.15, 0.2) is 65.9 Å². The number of primary amides is 1. The minimum atomic E-state index is -0.945. The number of hydrogen-bond acceptors (Lipinski definition) is 9. The van der Waals surface area contributed by atoms with Crippen LogP contribution in [0.25, 0.3) is 33.6 Å². The van der Waals surface area contributed by atoms with Gasteiger partial charge in [-0.05, 0) is 60.3 Å². The third-order valence-corrected chi connectivity index (χ3v) is 11.2. The average Bonchev–Trinajstić information content (AvgIpc) is 4.04. The quantitative estimate of drug-likeness (QED) is 0.125. The second kappa shape index (κ2) is 16.4. The Bertz CT molecular complexity index is 2000. The molecule has 5 atom stereocenters. The number of benzene rings is 2. The first-order chi connectivity index (χ1) is 26.6. The zero-order valence-corrected chi connectivity index (χ0v) is 32.0. The van der Waals surface area contributed by atoms with Gasteiger partial charge in [0, 0.05) is 25.6 Å². The second-order valence-corrected chi connectivity index (χ2v) is 15.2. The molecule has 55 heavy (non-hydrogen) atoms. The average molecular weight is 749 g/mol. The van der Waals surface area contributed by atoms with Gasteiger partial charge in [-0.25, -0.2) is 14.8 Å². The maximum absolute atomic E-state index is 13.8. The molecule has 14 nitrogen and oxygen atoms in total. The van der Waals surface area contributed by atoms with Crippen LogP contribution in [0.1, 0.15) is 83.5 Å². The van der Waals surface area contributed by atoms with Gasteiger partial charge < -0.3 is 40.9 Å². The fourth-order valence-electron chi connectivity index (χ4n) is 7.87. The van der Waals surface area contributed by atoms with Crippen molar-refractivity contribution < 1.29 is 19.1 Å². The van der Waals surface area contributed by atoms with Gasteiger partial charge in [0.1, 0.15) is 17.7 Å². The number of nitrogens with two attached hydrogens (primary N) is 1. The molecule has 3 amide bonds. The van der Waals surface area contributed by atoms with Crippen LogP contribution in [-0.4, -0.2) is 91.9 Å². The summed E-state index contributed by atoms with van der Waals surface area (Å²) < 4.78 is 5.27. The van der Waals surface area contributed by atoms with Crippen molar-refractivity contribution >= 4 is 23.9 Å². The zero-order valence-electron chi connectivity index (χ0n) is 32.0. The van der Waals surface area contributed by atoms with E-state index in [0.717, 1.165) is 71.7 Å². The van der Waals surface area contributed by atoms with E-state index < -0.39 is 12.2 Å². The van der Waals surface area contributed by atoms with E-state index in [1.807, 2.05) is 24.9 Å². The van der Waals surface area contributed by atoms with Gasteiger partial charge in [-0.1, -0.05) is 76.2 Å². The highest BCUT2D eigenvalue weighted by Gasteiger charge is 2.39. The number of aromatic nitrogens is 4. The third-order valence-electron chi connectivity index (χ3n) is 11.2. The highest BCUT2D eigenvalue weighted by molar-refractivity contribution is 5.90. The van der Waals surface area contributed by atoms with Crippen LogP contribution in [0.4, 0.5) is 4.79 Å². The van der Waals surface area contributed by atoms with Crippen LogP contribution in [0, 0.1) is 11.8 Å². The maximum atomic E-state index is 13.8. The van der Waals surface area contributed by atoms with Gasteiger partial charge in [0.15, 0.2) is 12.1 Å². The Morgan fingerprint density at radius 2 is 1.33 bits per heavy atom. The molecule has 4 aromatic rings. The number of likely N-dealkylation sites (tertiary alicyclic amines) is 2. The number of H-pyrrole nitrogens is 2. The van der Waals surface area contributed by atoms with E-state index in [1.165, 1.54) is 0 Å². The van der Waals surface area contributed by atoms with Gasteiger partial charge in [0.25, 0.3) is 5.91 Å². The van der Waals surface area contributed by atoms with E-state index in [1.54, 1.807) is 11.1 Å². The molecule has 0 saturated carbocycles. The Hall–Kier alpha value is -5.66. The summed E-state index contributed by atoms with van der Waals surface area (Å²) in [7, 11) is 0. The number of ether oxygens (including phenoxy) is 1. The van der Waals surface area contributed by atoms with Crippen LogP contribution < -0.4 is 16.4 Å². The second-order valence-electron chi connectivity index (χ2n) is 15.2. The van der Waals surface area contributed by atoms with E-state index in [9.17, 15) is 14.4 Å². The van der Waals surface area contributed by atoms with Crippen LogP contribution in [0.2, 0.25) is 0 Å². The van der Waals surface area contributed by atoms with E-state index in [0.29, 0.717) is 37.8 Å². The number of aromatic amines is 2. The number of nitrogens with one attached hydrogen (secondary N) is 4. The highest BCUT2D eigenvalue weighted by Crippen LogP contribution is 2.35. The minimum absolute atomic E-state index is 0.0755. The predicted octanol–water partition coefficient (Wildman–Crippen LogP) is 5.54. The topological polar surface area (TPSA) is 187 Å². The molecular weight excluding hydrogens is 697 g/mol. The molecule has 14 heteroatoms. The fraction of sp³-hybridized carbons (Fsp3) is 0.463. The lowest BCUT2D eigenvalue weighted by molar-refractivity contribution is -0.144. The summed E-state index contributed by atoms with van der Waals surface area (Å²) in [5, 5.41) is 6.56. The highest BCUT2D eigenvalue weighted by atomic mass is 16.6. The van der Waals surface area contributed by atoms with E-state index >= 15 is 0 Å². The van der Waals surface area contributed by atoms with E-state index in [2.05, 4.69) is 93.0 Å². The molecule has 2 saturated heterocycles. The summed E-state index contributed by atoms with van der Waals surface area (Å²) >= 11 is 0. The van der Waals surface area contributed by atoms with Gasteiger partial charge >= 0.3 is 6.09 Å². The number of imidazole rings is 2.